The number of nitrogens with one attached hydrogen (secondary N) is 1. The van der Waals surface area contributed by atoms with Crippen molar-refractivity contribution in [2.75, 3.05) is 15.9 Å². The van der Waals surface area contributed by atoms with Crippen LogP contribution in [0.15, 0.2) is 42.5 Å². The zero-order valence-electron chi connectivity index (χ0n) is 15.5. The molecule has 27 heavy (non-hydrogen) atoms. The minimum Gasteiger partial charge on any atom is -0.324 e. The molecule has 0 bridgehead atoms. The van der Waals surface area contributed by atoms with Crippen LogP contribution in [0.25, 0.3) is 0 Å². The van der Waals surface area contributed by atoms with Gasteiger partial charge in [-0.25, -0.2) is 8.42 Å². The number of rotatable bonds is 6. The summed E-state index contributed by atoms with van der Waals surface area (Å²) in [5.74, 6) is -0.598. The van der Waals surface area contributed by atoms with Gasteiger partial charge in [-0.05, 0) is 50.1 Å². The first kappa shape index (κ1) is 20.4. The molecule has 0 aromatic heterocycles. The Morgan fingerprint density at radius 3 is 2.37 bits per heavy atom. The Balaban J connectivity index is 2.33. The summed E-state index contributed by atoms with van der Waals surface area (Å²) in [6.45, 7) is 5.22. The minimum atomic E-state index is -3.74. The molecule has 0 aliphatic heterocycles. The lowest BCUT2D eigenvalue weighted by atomic mass is 10.1. The Bertz CT molecular complexity index is 988. The fourth-order valence-electron chi connectivity index (χ4n) is 2.62. The van der Waals surface area contributed by atoms with E-state index in [-0.39, 0.29) is 11.4 Å². The number of nitrogens with zero attached hydrogens (tertiary/aromatic N) is 2. The number of amides is 1. The van der Waals surface area contributed by atoms with E-state index in [1.54, 1.807) is 18.2 Å². The van der Waals surface area contributed by atoms with Crippen LogP contribution in [0.1, 0.15) is 18.1 Å². The monoisotopic (exact) mass is 391 g/mol. The van der Waals surface area contributed by atoms with Gasteiger partial charge < -0.3 is 5.32 Å². The maximum absolute atomic E-state index is 12.6. The van der Waals surface area contributed by atoms with Gasteiger partial charge in [0.1, 0.15) is 6.04 Å². The average Bonchev–Trinajstić information content (AvgIpc) is 2.57. The highest BCUT2D eigenvalue weighted by Crippen LogP contribution is 2.25. The van der Waals surface area contributed by atoms with Gasteiger partial charge in [0, 0.05) is 17.8 Å². The van der Waals surface area contributed by atoms with E-state index in [2.05, 4.69) is 5.32 Å². The number of carbonyl (C=O) groups is 1. The van der Waals surface area contributed by atoms with Crippen LogP contribution in [0.4, 0.5) is 17.1 Å². The standard InChI is InChI=1S/C18H21N3O5S/c1-12-8-9-16(10-13(12)2)20(27(4,25)26)14(3)18(22)19-15-6-5-7-17(11-15)21(23)24/h5-11,14H,1-4H3,(H,19,22)/t14-/m0/s1. The molecule has 9 heteroatoms. The van der Waals surface area contributed by atoms with E-state index in [0.29, 0.717) is 5.69 Å². The third kappa shape index (κ3) is 4.82. The molecule has 1 N–H and O–H groups in total. The summed E-state index contributed by atoms with van der Waals surface area (Å²) in [4.78, 5) is 22.9. The van der Waals surface area contributed by atoms with Crippen LogP contribution in [0.5, 0.6) is 0 Å². The summed E-state index contributed by atoms with van der Waals surface area (Å²) in [7, 11) is -3.74. The second kappa shape index (κ2) is 7.75. The first-order valence-electron chi connectivity index (χ1n) is 8.12. The summed E-state index contributed by atoms with van der Waals surface area (Å²) in [5, 5.41) is 13.4. The lowest BCUT2D eigenvalue weighted by molar-refractivity contribution is -0.384. The van der Waals surface area contributed by atoms with Crippen molar-refractivity contribution in [1.29, 1.82) is 0 Å². The van der Waals surface area contributed by atoms with Crippen LogP contribution < -0.4 is 9.62 Å². The predicted molar refractivity (Wildman–Crippen MR) is 104 cm³/mol. The number of hydrogen-bond donors (Lipinski definition) is 1. The molecule has 0 radical (unpaired) electrons. The molecule has 0 aliphatic carbocycles. The lowest BCUT2D eigenvalue weighted by Crippen LogP contribution is -2.45. The SMILES string of the molecule is Cc1ccc(N([C@@H](C)C(=O)Nc2cccc([N+](=O)[O-])c2)S(C)(=O)=O)cc1C. The van der Waals surface area contributed by atoms with Gasteiger partial charge >= 0.3 is 0 Å². The van der Waals surface area contributed by atoms with Crippen LogP contribution in [-0.4, -0.2) is 31.5 Å². The number of sulfonamides is 1. The van der Waals surface area contributed by atoms with Crippen LogP contribution in [0, 0.1) is 24.0 Å². The van der Waals surface area contributed by atoms with Crippen LogP contribution in [0.3, 0.4) is 0 Å². The van der Waals surface area contributed by atoms with Crippen molar-refractivity contribution in [3.05, 3.63) is 63.7 Å². The topological polar surface area (TPSA) is 110 Å². The number of benzene rings is 2. The van der Waals surface area contributed by atoms with Gasteiger partial charge in [0.05, 0.1) is 16.9 Å². The van der Waals surface area contributed by atoms with Crippen molar-refractivity contribution < 1.29 is 18.1 Å². The average molecular weight is 391 g/mol. The molecule has 0 saturated heterocycles. The Labute approximate surface area is 158 Å². The number of nitro groups is 1. The number of hydrogen-bond acceptors (Lipinski definition) is 5. The van der Waals surface area contributed by atoms with Gasteiger partial charge in [-0.3, -0.25) is 19.2 Å². The summed E-state index contributed by atoms with van der Waals surface area (Å²) in [5.41, 5.74) is 2.32. The molecule has 0 saturated carbocycles. The number of nitro benzene ring substituents is 1. The zero-order valence-corrected chi connectivity index (χ0v) is 16.3. The first-order valence-corrected chi connectivity index (χ1v) is 9.97. The molecular formula is C18H21N3O5S. The second-order valence-electron chi connectivity index (χ2n) is 6.30. The molecule has 0 fully saturated rings. The van der Waals surface area contributed by atoms with Crippen LogP contribution >= 0.6 is 0 Å². The molecule has 0 heterocycles. The van der Waals surface area contributed by atoms with E-state index in [4.69, 9.17) is 0 Å². The van der Waals surface area contributed by atoms with Gasteiger partial charge in [-0.1, -0.05) is 12.1 Å². The van der Waals surface area contributed by atoms with E-state index in [1.807, 2.05) is 13.8 Å². The van der Waals surface area contributed by atoms with Crippen molar-refractivity contribution in [2.24, 2.45) is 0 Å². The third-order valence-electron chi connectivity index (χ3n) is 4.16. The van der Waals surface area contributed by atoms with Gasteiger partial charge in [0.15, 0.2) is 0 Å². The smallest absolute Gasteiger partial charge is 0.271 e. The van der Waals surface area contributed by atoms with Crippen molar-refractivity contribution >= 4 is 33.0 Å². The molecule has 144 valence electrons. The highest BCUT2D eigenvalue weighted by Gasteiger charge is 2.29. The van der Waals surface area contributed by atoms with E-state index >= 15 is 0 Å². The van der Waals surface area contributed by atoms with Gasteiger partial charge in [-0.2, -0.15) is 0 Å². The fourth-order valence-corrected chi connectivity index (χ4v) is 3.78. The first-order chi connectivity index (χ1) is 12.5. The number of anilines is 2. The quantitative estimate of drug-likeness (QED) is 0.601. The van der Waals surface area contributed by atoms with Crippen molar-refractivity contribution in [1.82, 2.24) is 0 Å². The van der Waals surface area contributed by atoms with Crippen LogP contribution in [0.2, 0.25) is 0 Å². The highest BCUT2D eigenvalue weighted by atomic mass is 32.2. The van der Waals surface area contributed by atoms with E-state index in [9.17, 15) is 23.3 Å². The number of non-ortho nitro benzene ring substituents is 1. The van der Waals surface area contributed by atoms with Gasteiger partial charge in [-0.15, -0.1) is 0 Å². The molecule has 8 nitrogen and oxygen atoms in total. The van der Waals surface area contributed by atoms with Crippen molar-refractivity contribution in [2.45, 2.75) is 26.8 Å². The van der Waals surface area contributed by atoms with Gasteiger partial charge in [0.25, 0.3) is 5.69 Å². The zero-order chi connectivity index (χ0) is 20.4. The summed E-state index contributed by atoms with van der Waals surface area (Å²) in [6, 6.07) is 9.53. The van der Waals surface area contributed by atoms with Crippen LogP contribution in [-0.2, 0) is 14.8 Å². The van der Waals surface area contributed by atoms with Gasteiger partial charge in [0.2, 0.25) is 15.9 Å². The molecular weight excluding hydrogens is 370 g/mol. The summed E-state index contributed by atoms with van der Waals surface area (Å²) in [6.07, 6.45) is 1.03. The van der Waals surface area contributed by atoms with Crippen molar-refractivity contribution in [3.8, 4) is 0 Å². The largest absolute Gasteiger partial charge is 0.324 e. The molecule has 0 unspecified atom stereocenters. The third-order valence-corrected chi connectivity index (χ3v) is 5.40. The maximum Gasteiger partial charge on any atom is 0.271 e. The fraction of sp³-hybridized carbons (Fsp3) is 0.278. The Morgan fingerprint density at radius 1 is 1.15 bits per heavy atom. The molecule has 1 amide bonds. The lowest BCUT2D eigenvalue weighted by Gasteiger charge is -2.28. The Hall–Kier alpha value is -2.94. The van der Waals surface area contributed by atoms with Crippen molar-refractivity contribution in [3.63, 3.8) is 0 Å². The molecule has 0 aliphatic rings. The molecule has 2 aromatic carbocycles. The Kier molecular flexibility index (Phi) is 5.85. The second-order valence-corrected chi connectivity index (χ2v) is 8.16. The maximum atomic E-state index is 12.6. The van der Waals surface area contributed by atoms with E-state index in [1.165, 1.54) is 31.2 Å². The predicted octanol–water partition coefficient (Wildman–Crippen LogP) is 3.00. The highest BCUT2D eigenvalue weighted by molar-refractivity contribution is 7.92. The molecule has 2 aromatic rings. The van der Waals surface area contributed by atoms with E-state index in [0.717, 1.165) is 21.7 Å². The number of aryl methyl sites for hydroxylation is 2. The minimum absolute atomic E-state index is 0.172. The summed E-state index contributed by atoms with van der Waals surface area (Å²) >= 11 is 0. The normalized spacial score (nSPS) is 12.3. The molecule has 0 spiro atoms. The van der Waals surface area contributed by atoms with E-state index < -0.39 is 26.9 Å². The molecule has 1 atom stereocenters. The Morgan fingerprint density at radius 2 is 1.81 bits per heavy atom. The molecule has 2 rings (SSSR count). The number of carbonyl (C=O) groups excluding carboxylic acids is 1. The summed E-state index contributed by atoms with van der Waals surface area (Å²) < 4.78 is 25.7.